The van der Waals surface area contributed by atoms with Crippen LogP contribution in [0.2, 0.25) is 10.0 Å². The van der Waals surface area contributed by atoms with Crippen LogP contribution in [-0.2, 0) is 0 Å². The molecule has 0 unspecified atom stereocenters. The first kappa shape index (κ1) is 22.3. The molecule has 2 aromatic carbocycles. The number of ether oxygens (including phenoxy) is 1. The highest BCUT2D eigenvalue weighted by Crippen LogP contribution is 2.45. The molecule has 0 radical (unpaired) electrons. The molecule has 1 aliphatic carbocycles. The van der Waals surface area contributed by atoms with E-state index in [0.717, 1.165) is 18.4 Å². The van der Waals surface area contributed by atoms with Crippen LogP contribution in [0.25, 0.3) is 0 Å². The highest BCUT2D eigenvalue weighted by atomic mass is 35.5. The van der Waals surface area contributed by atoms with Crippen LogP contribution in [-0.4, -0.2) is 39.9 Å². The zero-order valence-electron chi connectivity index (χ0n) is 17.0. The predicted molar refractivity (Wildman–Crippen MR) is 116 cm³/mol. The number of carbonyl (C=O) groups is 1. The van der Waals surface area contributed by atoms with Gasteiger partial charge in [0, 0.05) is 12.6 Å². The average Bonchev–Trinajstić information content (AvgIpc) is 3.45. The van der Waals surface area contributed by atoms with Gasteiger partial charge in [-0.05, 0) is 73.9 Å². The van der Waals surface area contributed by atoms with Crippen LogP contribution in [0.1, 0.15) is 66.1 Å². The second-order valence-corrected chi connectivity index (χ2v) is 9.01. The maximum absolute atomic E-state index is 15.1. The summed E-state index contributed by atoms with van der Waals surface area (Å²) in [7, 11) is 0. The lowest BCUT2D eigenvalue weighted by Crippen LogP contribution is -2.43. The molecule has 2 aromatic rings. The summed E-state index contributed by atoms with van der Waals surface area (Å²) < 4.78 is 21.1. The van der Waals surface area contributed by atoms with Crippen molar-refractivity contribution in [3.05, 3.63) is 62.9 Å². The first-order valence-electron chi connectivity index (χ1n) is 10.4. The summed E-state index contributed by atoms with van der Waals surface area (Å²) in [5.74, 6) is -0.396. The topological polar surface area (TPSA) is 70.0 Å². The number of amides is 1. The normalized spacial score (nSPS) is 19.7. The summed E-state index contributed by atoms with van der Waals surface area (Å²) in [4.78, 5) is 14.4. The van der Waals surface area contributed by atoms with E-state index in [1.807, 2.05) is 6.92 Å². The van der Waals surface area contributed by atoms with E-state index in [4.69, 9.17) is 27.9 Å². The molecule has 2 N–H and O–H groups in total. The fourth-order valence-electron chi connectivity index (χ4n) is 4.20. The van der Waals surface area contributed by atoms with E-state index < -0.39 is 30.2 Å². The van der Waals surface area contributed by atoms with E-state index in [0.29, 0.717) is 40.7 Å². The van der Waals surface area contributed by atoms with Crippen molar-refractivity contribution in [2.45, 2.75) is 57.0 Å². The molecule has 0 aromatic heterocycles. The Morgan fingerprint density at radius 1 is 1.16 bits per heavy atom. The lowest BCUT2D eigenvalue weighted by molar-refractivity contribution is -0.0841. The molecule has 1 heterocycles. The van der Waals surface area contributed by atoms with Crippen LogP contribution in [0.5, 0.6) is 5.75 Å². The van der Waals surface area contributed by atoms with Crippen LogP contribution in [0, 0.1) is 5.82 Å². The Morgan fingerprint density at radius 2 is 1.90 bits per heavy atom. The van der Waals surface area contributed by atoms with Crippen molar-refractivity contribution in [3.63, 3.8) is 0 Å². The zero-order chi connectivity index (χ0) is 22.3. The maximum atomic E-state index is 15.1. The SMILES string of the molecule is C[C@@H](Oc1ccc(Cl)c(Cl)c1)c1cc(F)c(C(=O)N2CCC[C@H]2C(O)O)cc1C1CC1. The molecule has 1 amide bonds. The van der Waals surface area contributed by atoms with Crippen molar-refractivity contribution in [2.75, 3.05) is 6.54 Å². The highest BCUT2D eigenvalue weighted by Gasteiger charge is 2.36. The lowest BCUT2D eigenvalue weighted by Gasteiger charge is -2.27. The van der Waals surface area contributed by atoms with E-state index in [-0.39, 0.29) is 11.5 Å². The molecule has 1 aliphatic heterocycles. The minimum absolute atomic E-state index is 0.0417. The van der Waals surface area contributed by atoms with Gasteiger partial charge in [0.15, 0.2) is 6.29 Å². The lowest BCUT2D eigenvalue weighted by atomic mass is 9.95. The van der Waals surface area contributed by atoms with Crippen LogP contribution in [0.3, 0.4) is 0 Å². The molecular formula is C23H24Cl2FNO4. The van der Waals surface area contributed by atoms with Crippen molar-refractivity contribution in [1.82, 2.24) is 4.90 Å². The van der Waals surface area contributed by atoms with E-state index in [1.165, 1.54) is 11.0 Å². The maximum Gasteiger partial charge on any atom is 0.257 e. The first-order valence-corrected chi connectivity index (χ1v) is 11.1. The Morgan fingerprint density at radius 3 is 2.55 bits per heavy atom. The second-order valence-electron chi connectivity index (χ2n) is 8.19. The van der Waals surface area contributed by atoms with E-state index in [1.54, 1.807) is 24.3 Å². The number of hydrogen-bond acceptors (Lipinski definition) is 4. The Labute approximate surface area is 190 Å². The highest BCUT2D eigenvalue weighted by molar-refractivity contribution is 6.42. The van der Waals surface area contributed by atoms with Crippen molar-refractivity contribution < 1.29 is 24.1 Å². The molecule has 5 nitrogen and oxygen atoms in total. The second kappa shape index (κ2) is 8.94. The summed E-state index contributed by atoms with van der Waals surface area (Å²) >= 11 is 12.0. The van der Waals surface area contributed by atoms with Crippen molar-refractivity contribution in [2.24, 2.45) is 0 Å². The fourth-order valence-corrected chi connectivity index (χ4v) is 4.48. The molecule has 2 fully saturated rings. The standard InChI is InChI=1S/C23H24Cl2FNO4/c1-12(31-14-6-7-18(24)19(25)9-14)15-11-20(26)17(10-16(15)13-4-5-13)22(28)27-8-2-3-21(27)23(29)30/h6-7,9-13,21,23,29-30H,2-5,8H2,1H3/t12-,21+/m1/s1. The Balaban J connectivity index is 1.63. The molecule has 31 heavy (non-hydrogen) atoms. The van der Waals surface area contributed by atoms with Crippen molar-refractivity contribution in [1.29, 1.82) is 0 Å². The van der Waals surface area contributed by atoms with Crippen LogP contribution in [0.4, 0.5) is 4.39 Å². The van der Waals surface area contributed by atoms with Gasteiger partial charge in [0.2, 0.25) is 0 Å². The minimum Gasteiger partial charge on any atom is -0.486 e. The molecule has 2 atom stereocenters. The number of likely N-dealkylation sites (tertiary alicyclic amines) is 1. The van der Waals surface area contributed by atoms with Gasteiger partial charge in [-0.1, -0.05) is 23.2 Å². The summed E-state index contributed by atoms with van der Waals surface area (Å²) in [6.45, 7) is 2.20. The molecule has 0 spiro atoms. The molecule has 1 saturated carbocycles. The molecule has 0 bridgehead atoms. The third-order valence-corrected chi connectivity index (χ3v) is 6.71. The molecule has 2 aliphatic rings. The Kier molecular flexibility index (Phi) is 6.44. The number of rotatable bonds is 6. The van der Waals surface area contributed by atoms with E-state index >= 15 is 4.39 Å². The van der Waals surface area contributed by atoms with Gasteiger partial charge in [-0.15, -0.1) is 0 Å². The molecule has 4 rings (SSSR count). The molecule has 8 heteroatoms. The Bertz CT molecular complexity index is 996. The summed E-state index contributed by atoms with van der Waals surface area (Å²) in [5, 5.41) is 19.9. The van der Waals surface area contributed by atoms with E-state index in [9.17, 15) is 15.0 Å². The summed E-state index contributed by atoms with van der Waals surface area (Å²) in [5.41, 5.74) is 1.53. The largest absolute Gasteiger partial charge is 0.486 e. The van der Waals surface area contributed by atoms with Crippen LogP contribution >= 0.6 is 23.2 Å². The molecule has 166 valence electrons. The van der Waals surface area contributed by atoms with Crippen LogP contribution in [0.15, 0.2) is 30.3 Å². The van der Waals surface area contributed by atoms with Gasteiger partial charge >= 0.3 is 0 Å². The van der Waals surface area contributed by atoms with Crippen molar-refractivity contribution in [3.8, 4) is 5.75 Å². The molecule has 1 saturated heterocycles. The number of carbonyl (C=O) groups excluding carboxylic acids is 1. The summed E-state index contributed by atoms with van der Waals surface area (Å²) in [6, 6.07) is 7.20. The quantitative estimate of drug-likeness (QED) is 0.582. The Hall–Kier alpha value is -1.86. The van der Waals surface area contributed by atoms with Gasteiger partial charge < -0.3 is 19.8 Å². The van der Waals surface area contributed by atoms with Gasteiger partial charge in [-0.2, -0.15) is 0 Å². The predicted octanol–water partition coefficient (Wildman–Crippen LogP) is 5.07. The van der Waals surface area contributed by atoms with Gasteiger partial charge in [0.25, 0.3) is 5.91 Å². The molecular weight excluding hydrogens is 444 g/mol. The average molecular weight is 468 g/mol. The van der Waals surface area contributed by atoms with Crippen molar-refractivity contribution >= 4 is 29.1 Å². The minimum atomic E-state index is -1.64. The van der Waals surface area contributed by atoms with Gasteiger partial charge in [0.05, 0.1) is 21.7 Å². The summed E-state index contributed by atoms with van der Waals surface area (Å²) in [6.07, 6.45) is 0.952. The van der Waals surface area contributed by atoms with Gasteiger partial charge in [-0.3, -0.25) is 4.79 Å². The number of aliphatic hydroxyl groups is 2. The number of nitrogens with zero attached hydrogens (tertiary/aromatic N) is 1. The van der Waals surface area contributed by atoms with Crippen LogP contribution < -0.4 is 4.74 Å². The number of hydrogen-bond donors (Lipinski definition) is 2. The monoisotopic (exact) mass is 467 g/mol. The van der Waals surface area contributed by atoms with Gasteiger partial charge in [-0.25, -0.2) is 4.39 Å². The third-order valence-electron chi connectivity index (χ3n) is 5.97. The fraction of sp³-hybridized carbons (Fsp3) is 0.435. The number of benzene rings is 2. The third kappa shape index (κ3) is 4.67. The number of halogens is 3. The zero-order valence-corrected chi connectivity index (χ0v) is 18.5. The smallest absolute Gasteiger partial charge is 0.257 e. The number of aliphatic hydroxyl groups excluding tert-OH is 1. The van der Waals surface area contributed by atoms with E-state index in [2.05, 4.69) is 0 Å². The first-order chi connectivity index (χ1) is 14.8. The van der Waals surface area contributed by atoms with Gasteiger partial charge in [0.1, 0.15) is 17.7 Å².